The normalized spacial score (nSPS) is 13.5. The lowest BCUT2D eigenvalue weighted by Gasteiger charge is -2.24. The van der Waals surface area contributed by atoms with Gasteiger partial charge in [-0.2, -0.15) is 0 Å². The molecule has 0 aliphatic carbocycles. The number of benzene rings is 3. The Hall–Kier alpha value is -7.89. The lowest BCUT2D eigenvalue weighted by atomic mass is 10.1. The fourth-order valence-electron chi connectivity index (χ4n) is 6.78. The number of hydrogen-bond acceptors (Lipinski definition) is 14. The lowest BCUT2D eigenvalue weighted by Crippen LogP contribution is -2.37. The minimum Gasteiger partial charge on any atom is -0.437 e. The highest BCUT2D eigenvalue weighted by atomic mass is 35.5. The standard InChI is InChI=1S/C27H21F3N6O2.C20H18ClN5O/c1-16-8-9-20-19(10-13-32-24(20)35-17-5-3-6-18(15-17)38-27(28,29)30)23(16)37-25-21(7-4-12-33-25)22-11-14-34-26(31-2)36-22;1-12-5-6-14-13(7-10-23-18(14)21)17(12)27-19-15(4-3-9-24-19)16-8-11-26(2)20(22)25-16/h3-15H,1-2H3,(H,32,35)(H,31,34,36);3-11,20H,22H2,1-2H3. The Labute approximate surface area is 375 Å². The first-order chi connectivity index (χ1) is 31.3. The van der Waals surface area contributed by atoms with Crippen molar-refractivity contribution in [3.05, 3.63) is 156 Å². The van der Waals surface area contributed by atoms with Gasteiger partial charge < -0.3 is 29.7 Å². The number of anilines is 3. The van der Waals surface area contributed by atoms with Crippen molar-refractivity contribution in [3.8, 4) is 40.3 Å². The van der Waals surface area contributed by atoms with E-state index in [2.05, 4.69) is 50.3 Å². The van der Waals surface area contributed by atoms with Crippen molar-refractivity contribution >= 4 is 56.3 Å². The SMILES string of the molecule is CNc1nccc(-c2cccnc2Oc2c(C)ccc3c(Nc4cccc(OC(F)(F)F)c4)nccc23)n1.Cc1ccc2c(Cl)nccc2c1Oc1ncccc1C1=NC(N)N(C)C=C1. The van der Waals surface area contributed by atoms with Crippen molar-refractivity contribution in [1.82, 2.24) is 34.8 Å². The smallest absolute Gasteiger partial charge is 0.437 e. The first kappa shape index (κ1) is 43.7. The van der Waals surface area contributed by atoms with Crippen LogP contribution in [0.3, 0.4) is 0 Å². The Morgan fingerprint density at radius 3 is 2.05 bits per heavy atom. The maximum atomic E-state index is 12.7. The molecule has 1 atom stereocenters. The fourth-order valence-corrected chi connectivity index (χ4v) is 7.01. The Kier molecular flexibility index (Phi) is 12.7. The van der Waals surface area contributed by atoms with Crippen LogP contribution < -0.4 is 30.6 Å². The van der Waals surface area contributed by atoms with Gasteiger partial charge in [0.15, 0.2) is 6.29 Å². The molecule has 1 aliphatic heterocycles. The van der Waals surface area contributed by atoms with Gasteiger partial charge in [0.1, 0.15) is 28.2 Å². The number of aliphatic imine (C=N–C) groups is 1. The second-order valence-corrected chi connectivity index (χ2v) is 14.8. The zero-order valence-corrected chi connectivity index (χ0v) is 35.9. The molecule has 1 unspecified atom stereocenters. The first-order valence-electron chi connectivity index (χ1n) is 19.9. The number of fused-ring (bicyclic) bond motifs is 2. The van der Waals surface area contributed by atoms with Crippen LogP contribution in [-0.2, 0) is 0 Å². The highest BCUT2D eigenvalue weighted by Crippen LogP contribution is 2.40. The third-order valence-electron chi connectivity index (χ3n) is 9.99. The number of aromatic nitrogens is 6. The molecule has 0 spiro atoms. The van der Waals surface area contributed by atoms with E-state index in [1.54, 1.807) is 62.3 Å². The van der Waals surface area contributed by atoms with Gasteiger partial charge in [-0.1, -0.05) is 41.9 Å². The predicted molar refractivity (Wildman–Crippen MR) is 245 cm³/mol. The highest BCUT2D eigenvalue weighted by molar-refractivity contribution is 6.34. The molecule has 18 heteroatoms. The van der Waals surface area contributed by atoms with Gasteiger partial charge in [-0.05, 0) is 85.6 Å². The van der Waals surface area contributed by atoms with Crippen LogP contribution in [0.4, 0.5) is 30.6 Å². The molecule has 14 nitrogen and oxygen atoms in total. The molecule has 5 aromatic heterocycles. The highest BCUT2D eigenvalue weighted by Gasteiger charge is 2.31. The third kappa shape index (κ3) is 10.0. The summed E-state index contributed by atoms with van der Waals surface area (Å²) >= 11 is 6.24. The summed E-state index contributed by atoms with van der Waals surface area (Å²) in [7, 11) is 3.61. The van der Waals surface area contributed by atoms with Crippen LogP contribution in [0.5, 0.6) is 29.0 Å². The minimum absolute atomic E-state index is 0.337. The van der Waals surface area contributed by atoms with Crippen molar-refractivity contribution < 1.29 is 27.4 Å². The van der Waals surface area contributed by atoms with Crippen molar-refractivity contribution in [2.75, 3.05) is 24.7 Å². The first-order valence-corrected chi connectivity index (χ1v) is 20.3. The molecule has 8 aromatic rings. The summed E-state index contributed by atoms with van der Waals surface area (Å²) in [5, 5.41) is 9.58. The average Bonchev–Trinajstić information content (AvgIpc) is 3.29. The van der Waals surface area contributed by atoms with Crippen molar-refractivity contribution in [2.45, 2.75) is 26.5 Å². The number of halogens is 4. The average molecular weight is 898 g/mol. The number of ether oxygens (including phenoxy) is 3. The lowest BCUT2D eigenvalue weighted by molar-refractivity contribution is -0.274. The minimum atomic E-state index is -4.79. The molecular formula is C47H39ClF3N11O3. The van der Waals surface area contributed by atoms with Crippen LogP contribution in [-0.4, -0.2) is 67.3 Å². The van der Waals surface area contributed by atoms with Gasteiger partial charge in [-0.25, -0.2) is 34.9 Å². The molecule has 6 heterocycles. The number of alkyl halides is 3. The topological polar surface area (TPSA) is 171 Å². The number of allylic oxidation sites excluding steroid dienone is 1. The molecule has 0 radical (unpaired) electrons. The van der Waals surface area contributed by atoms with E-state index in [1.807, 2.05) is 86.6 Å². The summed E-state index contributed by atoms with van der Waals surface area (Å²) in [4.78, 5) is 32.4. The van der Waals surface area contributed by atoms with E-state index in [-0.39, 0.29) is 5.75 Å². The van der Waals surface area contributed by atoms with Crippen molar-refractivity contribution in [3.63, 3.8) is 0 Å². The van der Waals surface area contributed by atoms with Gasteiger partial charge in [-0.3, -0.25) is 5.73 Å². The van der Waals surface area contributed by atoms with E-state index < -0.39 is 12.7 Å². The summed E-state index contributed by atoms with van der Waals surface area (Å²) in [6, 6.07) is 26.1. The van der Waals surface area contributed by atoms with Gasteiger partial charge in [0, 0.05) is 84.6 Å². The number of nitrogens with zero attached hydrogens (tertiary/aromatic N) is 8. The summed E-state index contributed by atoms with van der Waals surface area (Å²) in [5.41, 5.74) is 11.0. The van der Waals surface area contributed by atoms with Crippen molar-refractivity contribution in [2.24, 2.45) is 10.7 Å². The van der Waals surface area contributed by atoms with E-state index in [0.717, 1.165) is 38.6 Å². The second-order valence-electron chi connectivity index (χ2n) is 14.4. The van der Waals surface area contributed by atoms with Crippen LogP contribution >= 0.6 is 11.6 Å². The molecule has 328 valence electrons. The van der Waals surface area contributed by atoms with Gasteiger partial charge in [0.05, 0.1) is 22.5 Å². The number of pyridine rings is 4. The second kappa shape index (κ2) is 18.8. The van der Waals surface area contributed by atoms with Gasteiger partial charge in [0.2, 0.25) is 17.7 Å². The molecule has 0 saturated heterocycles. The molecule has 1 aliphatic rings. The van der Waals surface area contributed by atoms with E-state index in [0.29, 0.717) is 62.5 Å². The quantitative estimate of drug-likeness (QED) is 0.111. The number of aryl methyl sites for hydroxylation is 2. The Morgan fingerprint density at radius 2 is 1.35 bits per heavy atom. The van der Waals surface area contributed by atoms with E-state index >= 15 is 0 Å². The molecule has 3 aromatic carbocycles. The predicted octanol–water partition coefficient (Wildman–Crippen LogP) is 10.7. The summed E-state index contributed by atoms with van der Waals surface area (Å²) in [6.07, 6.45) is 6.77. The molecule has 0 saturated carbocycles. The number of nitrogens with one attached hydrogen (secondary N) is 2. The largest absolute Gasteiger partial charge is 0.573 e. The zero-order valence-electron chi connectivity index (χ0n) is 35.2. The molecule has 65 heavy (non-hydrogen) atoms. The van der Waals surface area contributed by atoms with Crippen LogP contribution in [0.15, 0.2) is 139 Å². The van der Waals surface area contributed by atoms with E-state index in [1.165, 1.54) is 18.2 Å². The van der Waals surface area contributed by atoms with Gasteiger partial charge in [0.25, 0.3) is 0 Å². The number of nitrogens with two attached hydrogens (primary N) is 1. The van der Waals surface area contributed by atoms with E-state index in [9.17, 15) is 13.2 Å². The van der Waals surface area contributed by atoms with Crippen LogP contribution in [0.2, 0.25) is 5.15 Å². The van der Waals surface area contributed by atoms with Gasteiger partial charge >= 0.3 is 6.36 Å². The summed E-state index contributed by atoms with van der Waals surface area (Å²) in [6.45, 7) is 3.89. The molecule has 0 amide bonds. The molecular weight excluding hydrogens is 859 g/mol. The number of hydrogen-bond donors (Lipinski definition) is 3. The summed E-state index contributed by atoms with van der Waals surface area (Å²) < 4.78 is 54.6. The molecule has 9 rings (SSSR count). The Morgan fingerprint density at radius 1 is 0.708 bits per heavy atom. The van der Waals surface area contributed by atoms with Crippen LogP contribution in [0.25, 0.3) is 32.8 Å². The van der Waals surface area contributed by atoms with Gasteiger partial charge in [-0.15, -0.1) is 13.2 Å². The Balaban J connectivity index is 0.000000188. The molecule has 4 N–H and O–H groups in total. The van der Waals surface area contributed by atoms with Crippen LogP contribution in [0, 0.1) is 13.8 Å². The number of rotatable bonds is 10. The van der Waals surface area contributed by atoms with Crippen molar-refractivity contribution in [1.29, 1.82) is 0 Å². The van der Waals surface area contributed by atoms with Crippen LogP contribution in [0.1, 0.15) is 16.7 Å². The van der Waals surface area contributed by atoms with E-state index in [4.69, 9.17) is 26.8 Å². The molecule has 0 fully saturated rings. The maximum Gasteiger partial charge on any atom is 0.573 e. The fraction of sp³-hybridized carbons (Fsp3) is 0.128. The summed E-state index contributed by atoms with van der Waals surface area (Å²) in [5.74, 6) is 2.63. The maximum absolute atomic E-state index is 12.7. The Bertz CT molecular complexity index is 3100. The third-order valence-corrected chi connectivity index (χ3v) is 10.3. The monoisotopic (exact) mass is 897 g/mol. The zero-order chi connectivity index (χ0) is 45.7. The molecule has 0 bridgehead atoms.